The molecule has 10 nitrogen and oxygen atoms in total. The summed E-state index contributed by atoms with van der Waals surface area (Å²) < 4.78 is 63.1. The maximum Gasteiger partial charge on any atom is 0.294 e. The van der Waals surface area contributed by atoms with Crippen LogP contribution in [-0.4, -0.2) is 45.9 Å². The second kappa shape index (κ2) is 5.35. The van der Waals surface area contributed by atoms with Crippen molar-refractivity contribution in [1.82, 2.24) is 19.9 Å². The molecule has 0 saturated carbocycles. The van der Waals surface area contributed by atoms with Crippen LogP contribution < -0.4 is 0 Å². The zero-order chi connectivity index (χ0) is 18.7. The fourth-order valence-electron chi connectivity index (χ4n) is 2.52. The minimum absolute atomic E-state index is 0.275. The topological polar surface area (TPSA) is 166 Å². The molecular formula is C14H10N4O6S2. The van der Waals surface area contributed by atoms with Crippen LogP contribution in [0, 0.1) is 0 Å². The average molecular weight is 394 g/mol. The van der Waals surface area contributed by atoms with Crippen molar-refractivity contribution in [3.8, 4) is 11.6 Å². The second-order valence-corrected chi connectivity index (χ2v) is 8.32. The molecule has 0 aliphatic carbocycles. The second-order valence-electron chi connectivity index (χ2n) is 5.48. The molecule has 2 aromatic heterocycles. The van der Waals surface area contributed by atoms with Gasteiger partial charge >= 0.3 is 0 Å². The van der Waals surface area contributed by atoms with E-state index in [2.05, 4.69) is 19.9 Å². The summed E-state index contributed by atoms with van der Waals surface area (Å²) in [6, 6.07) is 7.78. The van der Waals surface area contributed by atoms with Crippen molar-refractivity contribution in [2.75, 3.05) is 0 Å². The van der Waals surface area contributed by atoms with Crippen LogP contribution in [0.3, 0.4) is 0 Å². The van der Waals surface area contributed by atoms with Crippen LogP contribution in [0.4, 0.5) is 0 Å². The summed E-state index contributed by atoms with van der Waals surface area (Å²) in [7, 11) is -8.69. The summed E-state index contributed by atoms with van der Waals surface area (Å²) in [4.78, 5) is 13.8. The number of nitrogens with zero attached hydrogens (tertiary/aromatic N) is 2. The Morgan fingerprint density at radius 2 is 1.23 bits per heavy atom. The van der Waals surface area contributed by atoms with Crippen molar-refractivity contribution in [3.63, 3.8) is 0 Å². The van der Waals surface area contributed by atoms with Gasteiger partial charge in [0.1, 0.15) is 0 Å². The third-order valence-corrected chi connectivity index (χ3v) is 5.43. The molecule has 0 amide bonds. The number of hydrogen-bond donors (Lipinski definition) is 4. The number of aromatic amines is 2. The van der Waals surface area contributed by atoms with Crippen LogP contribution in [0.2, 0.25) is 0 Å². The summed E-state index contributed by atoms with van der Waals surface area (Å²) in [5.41, 5.74) is 1.64. The van der Waals surface area contributed by atoms with E-state index in [4.69, 9.17) is 9.11 Å². The quantitative estimate of drug-likeness (QED) is 0.380. The van der Waals surface area contributed by atoms with Crippen molar-refractivity contribution in [2.45, 2.75) is 9.79 Å². The summed E-state index contributed by atoms with van der Waals surface area (Å²) in [5.74, 6) is 0.578. The molecule has 4 aromatic rings. The predicted octanol–water partition coefficient (Wildman–Crippen LogP) is 1.60. The lowest BCUT2D eigenvalue weighted by molar-refractivity contribution is 0.481. The highest BCUT2D eigenvalue weighted by molar-refractivity contribution is 7.86. The van der Waals surface area contributed by atoms with Crippen molar-refractivity contribution >= 4 is 42.3 Å². The minimum Gasteiger partial charge on any atom is -0.335 e. The molecule has 134 valence electrons. The van der Waals surface area contributed by atoms with Gasteiger partial charge in [-0.25, -0.2) is 9.97 Å². The number of hydrogen-bond acceptors (Lipinski definition) is 6. The first-order chi connectivity index (χ1) is 12.1. The molecule has 0 saturated heterocycles. The van der Waals surface area contributed by atoms with Crippen LogP contribution in [0.25, 0.3) is 33.7 Å². The number of nitrogens with one attached hydrogen (secondary N) is 2. The van der Waals surface area contributed by atoms with Gasteiger partial charge in [0.05, 0.1) is 31.9 Å². The molecule has 26 heavy (non-hydrogen) atoms. The maximum absolute atomic E-state index is 11.2. The van der Waals surface area contributed by atoms with Gasteiger partial charge < -0.3 is 9.97 Å². The number of aromatic nitrogens is 4. The summed E-state index contributed by atoms with van der Waals surface area (Å²) >= 11 is 0. The van der Waals surface area contributed by atoms with E-state index in [1.807, 2.05) is 0 Å². The molecule has 0 spiro atoms. The summed E-state index contributed by atoms with van der Waals surface area (Å²) in [6.07, 6.45) is 0. The fraction of sp³-hybridized carbons (Fsp3) is 0. The molecule has 2 heterocycles. The van der Waals surface area contributed by atoms with Crippen molar-refractivity contribution in [2.24, 2.45) is 0 Å². The Labute approximate surface area is 146 Å². The first kappa shape index (κ1) is 16.7. The van der Waals surface area contributed by atoms with Crippen LogP contribution in [0.5, 0.6) is 0 Å². The van der Waals surface area contributed by atoms with E-state index in [9.17, 15) is 16.8 Å². The standard InChI is InChI=1S/C14H10N4O6S2/c19-25(20,21)7-1-3-9-11(5-7)17-13(15-9)14-16-10-4-2-8(26(22,23)24)6-12(10)18-14/h1-6H,(H,15,17)(H,16,18)(H,19,20,21)(H,22,23,24). The van der Waals surface area contributed by atoms with E-state index in [0.717, 1.165) is 0 Å². The van der Waals surface area contributed by atoms with E-state index in [1.54, 1.807) is 0 Å². The first-order valence-electron chi connectivity index (χ1n) is 7.06. The van der Waals surface area contributed by atoms with Gasteiger partial charge in [0.25, 0.3) is 20.2 Å². The van der Waals surface area contributed by atoms with Crippen LogP contribution in [-0.2, 0) is 20.2 Å². The summed E-state index contributed by atoms with van der Waals surface area (Å²) in [5, 5.41) is 0. The van der Waals surface area contributed by atoms with Crippen LogP contribution in [0.1, 0.15) is 0 Å². The van der Waals surface area contributed by atoms with Gasteiger partial charge in [-0.3, -0.25) is 9.11 Å². The summed E-state index contributed by atoms with van der Waals surface area (Å²) in [6.45, 7) is 0. The van der Waals surface area contributed by atoms with Crippen LogP contribution in [0.15, 0.2) is 46.2 Å². The molecule has 0 radical (unpaired) electrons. The molecule has 0 fully saturated rings. The smallest absolute Gasteiger partial charge is 0.294 e. The maximum atomic E-state index is 11.2. The predicted molar refractivity (Wildman–Crippen MR) is 90.8 cm³/mol. The Morgan fingerprint density at radius 1 is 0.692 bits per heavy atom. The SMILES string of the molecule is O=S(=O)(O)c1ccc2[nH]c(-c3nc4ccc(S(=O)(=O)O)cc4[nH]3)nc2c1. The number of rotatable bonds is 3. The molecule has 0 aliphatic rings. The van der Waals surface area contributed by atoms with Gasteiger partial charge in [-0.05, 0) is 36.4 Å². The molecule has 0 unspecified atom stereocenters. The van der Waals surface area contributed by atoms with Gasteiger partial charge in [0, 0.05) is 0 Å². The van der Waals surface area contributed by atoms with E-state index in [1.165, 1.54) is 36.4 Å². The first-order valence-corrected chi connectivity index (χ1v) is 9.94. The molecule has 0 atom stereocenters. The lowest BCUT2D eigenvalue weighted by Gasteiger charge is -1.95. The van der Waals surface area contributed by atoms with Gasteiger partial charge in [-0.1, -0.05) is 0 Å². The third-order valence-electron chi connectivity index (χ3n) is 3.73. The molecule has 0 bridgehead atoms. The highest BCUT2D eigenvalue weighted by Gasteiger charge is 2.16. The highest BCUT2D eigenvalue weighted by Crippen LogP contribution is 2.24. The Balaban J connectivity index is 1.84. The van der Waals surface area contributed by atoms with Crippen molar-refractivity contribution < 1.29 is 25.9 Å². The van der Waals surface area contributed by atoms with E-state index in [-0.39, 0.29) is 21.4 Å². The number of imidazole rings is 2. The van der Waals surface area contributed by atoms with Gasteiger partial charge in [0.2, 0.25) is 0 Å². The zero-order valence-electron chi connectivity index (χ0n) is 12.7. The highest BCUT2D eigenvalue weighted by atomic mass is 32.2. The van der Waals surface area contributed by atoms with Gasteiger partial charge in [-0.2, -0.15) is 16.8 Å². The van der Waals surface area contributed by atoms with E-state index < -0.39 is 20.2 Å². The Kier molecular flexibility index (Phi) is 3.43. The number of benzene rings is 2. The zero-order valence-corrected chi connectivity index (χ0v) is 14.3. The number of H-pyrrole nitrogens is 2. The molecule has 4 rings (SSSR count). The lowest BCUT2D eigenvalue weighted by atomic mass is 10.3. The Bertz CT molecular complexity index is 1280. The lowest BCUT2D eigenvalue weighted by Crippen LogP contribution is -1.97. The normalized spacial score (nSPS) is 12.8. The van der Waals surface area contributed by atoms with E-state index >= 15 is 0 Å². The van der Waals surface area contributed by atoms with Gasteiger partial charge in [0.15, 0.2) is 11.6 Å². The Hall–Kier alpha value is -2.80. The third kappa shape index (κ3) is 2.84. The molecule has 4 N–H and O–H groups in total. The average Bonchev–Trinajstić information content (AvgIpc) is 3.15. The van der Waals surface area contributed by atoms with Crippen molar-refractivity contribution in [1.29, 1.82) is 0 Å². The van der Waals surface area contributed by atoms with Gasteiger partial charge in [-0.15, -0.1) is 0 Å². The minimum atomic E-state index is -4.35. The Morgan fingerprint density at radius 3 is 1.88 bits per heavy atom. The largest absolute Gasteiger partial charge is 0.335 e. The molecule has 12 heteroatoms. The molecule has 2 aromatic carbocycles. The number of fused-ring (bicyclic) bond motifs is 2. The molecule has 0 aliphatic heterocycles. The fourth-order valence-corrected chi connectivity index (χ4v) is 3.53. The van der Waals surface area contributed by atoms with E-state index in [0.29, 0.717) is 22.1 Å². The molecular weight excluding hydrogens is 384 g/mol. The van der Waals surface area contributed by atoms with Crippen molar-refractivity contribution in [3.05, 3.63) is 36.4 Å². The van der Waals surface area contributed by atoms with Crippen LogP contribution >= 0.6 is 0 Å². The monoisotopic (exact) mass is 394 g/mol.